The van der Waals surface area contributed by atoms with Crippen molar-refractivity contribution in [2.45, 2.75) is 39.3 Å². The van der Waals surface area contributed by atoms with E-state index in [1.807, 2.05) is 32.0 Å². The molecule has 0 aliphatic heterocycles. The van der Waals surface area contributed by atoms with E-state index in [4.69, 9.17) is 15.2 Å². The minimum absolute atomic E-state index is 0.174. The number of ether oxygens (including phenoxy) is 2. The second-order valence-corrected chi connectivity index (χ2v) is 5.15. The first-order chi connectivity index (χ1) is 8.99. The van der Waals surface area contributed by atoms with E-state index in [1.54, 1.807) is 6.92 Å². The molecule has 0 aromatic heterocycles. The molecule has 1 rings (SSSR count). The van der Waals surface area contributed by atoms with E-state index in [0.29, 0.717) is 18.8 Å². The van der Waals surface area contributed by atoms with E-state index in [1.165, 1.54) is 0 Å². The number of nitrogens with two attached hydrogens (primary N) is 1. The number of hydrogen-bond donors (Lipinski definition) is 1. The molecule has 0 aliphatic rings. The first kappa shape index (κ1) is 16.0. The van der Waals surface area contributed by atoms with E-state index < -0.39 is 6.10 Å². The second-order valence-electron chi connectivity index (χ2n) is 4.24. The largest absolute Gasteiger partial charge is 0.478 e. The molecule has 0 saturated carbocycles. The van der Waals surface area contributed by atoms with Crippen LogP contribution in [-0.4, -0.2) is 18.7 Å². The minimum atomic E-state index is -0.598. The molecular weight excluding hydrogens is 310 g/mol. The molecule has 1 aromatic rings. The van der Waals surface area contributed by atoms with Gasteiger partial charge < -0.3 is 15.2 Å². The molecule has 0 fully saturated rings. The van der Waals surface area contributed by atoms with Crippen molar-refractivity contribution in [3.8, 4) is 5.75 Å². The Kier molecular flexibility index (Phi) is 6.31. The maximum Gasteiger partial charge on any atom is 0.347 e. The van der Waals surface area contributed by atoms with Crippen LogP contribution in [0.15, 0.2) is 22.7 Å². The average molecular weight is 330 g/mol. The van der Waals surface area contributed by atoms with Gasteiger partial charge in [0.2, 0.25) is 0 Å². The zero-order valence-electron chi connectivity index (χ0n) is 11.5. The fourth-order valence-corrected chi connectivity index (χ4v) is 2.05. The molecule has 0 radical (unpaired) electrons. The lowest BCUT2D eigenvalue weighted by Crippen LogP contribution is -2.29. The van der Waals surface area contributed by atoms with Crippen LogP contribution in [0.5, 0.6) is 5.75 Å². The molecule has 0 amide bonds. The Morgan fingerprint density at radius 3 is 2.63 bits per heavy atom. The number of rotatable bonds is 6. The number of carbonyl (C=O) groups excluding carboxylic acids is 1. The Bertz CT molecular complexity index is 435. The number of esters is 1. The lowest BCUT2D eigenvalue weighted by molar-refractivity contribution is -0.151. The van der Waals surface area contributed by atoms with Gasteiger partial charge in [0.05, 0.1) is 6.61 Å². The van der Waals surface area contributed by atoms with Crippen molar-refractivity contribution in [3.63, 3.8) is 0 Å². The highest BCUT2D eigenvalue weighted by molar-refractivity contribution is 9.10. The first-order valence-electron chi connectivity index (χ1n) is 6.37. The summed E-state index contributed by atoms with van der Waals surface area (Å²) in [6.07, 6.45) is -0.0496. The van der Waals surface area contributed by atoms with Crippen LogP contribution in [0.4, 0.5) is 0 Å². The SMILES string of the molecule is CCOC(=O)C(CC)Oc1ccc(Br)cc1[C@H](C)N. The van der Waals surface area contributed by atoms with Crippen molar-refractivity contribution in [2.75, 3.05) is 6.61 Å². The third-order valence-corrected chi connectivity index (χ3v) is 3.15. The number of carbonyl (C=O) groups is 1. The average Bonchev–Trinajstić information content (AvgIpc) is 2.37. The molecule has 0 bridgehead atoms. The van der Waals surface area contributed by atoms with Crippen molar-refractivity contribution in [1.29, 1.82) is 0 Å². The Labute approximate surface area is 122 Å². The van der Waals surface area contributed by atoms with Gasteiger partial charge in [-0.1, -0.05) is 22.9 Å². The highest BCUT2D eigenvalue weighted by Crippen LogP contribution is 2.28. The lowest BCUT2D eigenvalue weighted by atomic mass is 10.1. The van der Waals surface area contributed by atoms with Crippen LogP contribution in [0, 0.1) is 0 Å². The van der Waals surface area contributed by atoms with E-state index in [-0.39, 0.29) is 12.0 Å². The summed E-state index contributed by atoms with van der Waals surface area (Å²) in [5.41, 5.74) is 6.78. The highest BCUT2D eigenvalue weighted by Gasteiger charge is 2.21. The zero-order valence-corrected chi connectivity index (χ0v) is 13.1. The molecule has 4 nitrogen and oxygen atoms in total. The Morgan fingerprint density at radius 1 is 1.42 bits per heavy atom. The maximum absolute atomic E-state index is 11.7. The first-order valence-corrected chi connectivity index (χ1v) is 7.17. The molecule has 5 heteroatoms. The van der Waals surface area contributed by atoms with Crippen molar-refractivity contribution >= 4 is 21.9 Å². The molecule has 1 aromatic carbocycles. The van der Waals surface area contributed by atoms with Gasteiger partial charge in [-0.25, -0.2) is 4.79 Å². The fourth-order valence-electron chi connectivity index (χ4n) is 1.67. The van der Waals surface area contributed by atoms with Crippen molar-refractivity contribution in [1.82, 2.24) is 0 Å². The van der Waals surface area contributed by atoms with Crippen LogP contribution < -0.4 is 10.5 Å². The van der Waals surface area contributed by atoms with Gasteiger partial charge >= 0.3 is 5.97 Å². The number of benzene rings is 1. The summed E-state index contributed by atoms with van der Waals surface area (Å²) in [6.45, 7) is 5.88. The molecular formula is C14H20BrNO3. The van der Waals surface area contributed by atoms with Crippen LogP contribution in [0.1, 0.15) is 38.8 Å². The van der Waals surface area contributed by atoms with Gasteiger partial charge in [0.1, 0.15) is 5.75 Å². The van der Waals surface area contributed by atoms with Gasteiger partial charge in [-0.3, -0.25) is 0 Å². The van der Waals surface area contributed by atoms with Crippen LogP contribution in [-0.2, 0) is 9.53 Å². The van der Waals surface area contributed by atoms with E-state index in [2.05, 4.69) is 15.9 Å². The summed E-state index contributed by atoms with van der Waals surface area (Å²) in [5, 5.41) is 0. The Morgan fingerprint density at radius 2 is 2.11 bits per heavy atom. The van der Waals surface area contributed by atoms with Crippen LogP contribution in [0.2, 0.25) is 0 Å². The molecule has 19 heavy (non-hydrogen) atoms. The van der Waals surface area contributed by atoms with E-state index in [0.717, 1.165) is 10.0 Å². The molecule has 0 saturated heterocycles. The topological polar surface area (TPSA) is 61.5 Å². The van der Waals surface area contributed by atoms with Crippen molar-refractivity contribution in [3.05, 3.63) is 28.2 Å². The fraction of sp³-hybridized carbons (Fsp3) is 0.500. The Hall–Kier alpha value is -1.07. The second kappa shape index (κ2) is 7.50. The standard InChI is InChI=1S/C14H20BrNO3/c1-4-12(14(17)18-5-2)19-13-7-6-10(15)8-11(13)9(3)16/h6-9,12H,4-5,16H2,1-3H3/t9-,12?/m0/s1. The summed E-state index contributed by atoms with van der Waals surface area (Å²) in [7, 11) is 0. The summed E-state index contributed by atoms with van der Waals surface area (Å²) < 4.78 is 11.7. The van der Waals surface area contributed by atoms with Crippen LogP contribution in [0.25, 0.3) is 0 Å². The quantitative estimate of drug-likeness (QED) is 0.814. The third-order valence-electron chi connectivity index (χ3n) is 2.65. The third kappa shape index (κ3) is 4.51. The minimum Gasteiger partial charge on any atom is -0.478 e. The zero-order chi connectivity index (χ0) is 14.4. The summed E-state index contributed by atoms with van der Waals surface area (Å²) >= 11 is 3.40. The predicted molar refractivity (Wildman–Crippen MR) is 78.1 cm³/mol. The molecule has 0 aliphatic carbocycles. The normalized spacial score (nSPS) is 13.7. The molecule has 2 N–H and O–H groups in total. The summed E-state index contributed by atoms with van der Waals surface area (Å²) in [6, 6.07) is 5.40. The highest BCUT2D eigenvalue weighted by atomic mass is 79.9. The number of halogens is 1. The maximum atomic E-state index is 11.7. The van der Waals surface area contributed by atoms with E-state index >= 15 is 0 Å². The van der Waals surface area contributed by atoms with Crippen molar-refractivity contribution in [2.24, 2.45) is 5.73 Å². The smallest absolute Gasteiger partial charge is 0.347 e. The van der Waals surface area contributed by atoms with Gasteiger partial charge in [0.15, 0.2) is 6.10 Å². The van der Waals surface area contributed by atoms with Gasteiger partial charge in [0, 0.05) is 16.1 Å². The lowest BCUT2D eigenvalue weighted by Gasteiger charge is -2.20. The van der Waals surface area contributed by atoms with Crippen LogP contribution in [0.3, 0.4) is 0 Å². The Balaban J connectivity index is 2.93. The van der Waals surface area contributed by atoms with E-state index in [9.17, 15) is 4.79 Å². The van der Waals surface area contributed by atoms with Crippen molar-refractivity contribution < 1.29 is 14.3 Å². The predicted octanol–water partition coefficient (Wildman–Crippen LogP) is 3.19. The summed E-state index contributed by atoms with van der Waals surface area (Å²) in [4.78, 5) is 11.7. The molecule has 106 valence electrons. The van der Waals surface area contributed by atoms with Crippen LogP contribution >= 0.6 is 15.9 Å². The van der Waals surface area contributed by atoms with Gasteiger partial charge in [-0.05, 0) is 38.5 Å². The summed E-state index contributed by atoms with van der Waals surface area (Å²) in [5.74, 6) is 0.279. The molecule has 1 unspecified atom stereocenters. The molecule has 0 spiro atoms. The molecule has 0 heterocycles. The van der Waals surface area contributed by atoms with Gasteiger partial charge in [-0.2, -0.15) is 0 Å². The van der Waals surface area contributed by atoms with Gasteiger partial charge in [-0.15, -0.1) is 0 Å². The monoisotopic (exact) mass is 329 g/mol. The number of hydrogen-bond acceptors (Lipinski definition) is 4. The molecule has 2 atom stereocenters. The van der Waals surface area contributed by atoms with Gasteiger partial charge in [0.25, 0.3) is 0 Å².